The Morgan fingerprint density at radius 3 is 2.38 bits per heavy atom. The van der Waals surface area contributed by atoms with Gasteiger partial charge < -0.3 is 10.6 Å². The van der Waals surface area contributed by atoms with Gasteiger partial charge in [0.05, 0.1) is 0 Å². The summed E-state index contributed by atoms with van der Waals surface area (Å²) in [5.41, 5.74) is 0. The van der Waals surface area contributed by atoms with Crippen LogP contribution in [-0.4, -0.2) is 26.9 Å². The van der Waals surface area contributed by atoms with Crippen LogP contribution in [0.4, 0.5) is 0 Å². The zero-order valence-electron chi connectivity index (χ0n) is 5.62. The molecule has 0 saturated carbocycles. The quantitative estimate of drug-likeness (QED) is 0.330. The van der Waals surface area contributed by atoms with E-state index in [0.717, 1.165) is 19.9 Å². The first-order valence-electron chi connectivity index (χ1n) is 2.97. The van der Waals surface area contributed by atoms with Crippen LogP contribution in [0, 0.1) is 0 Å². The van der Waals surface area contributed by atoms with Crippen molar-refractivity contribution in [2.24, 2.45) is 0 Å². The minimum atomic E-state index is 0.868. The Morgan fingerprint density at radius 2 is 1.88 bits per heavy atom. The van der Waals surface area contributed by atoms with Gasteiger partial charge in [-0.2, -0.15) is 0 Å². The number of hydrogen-bond donors (Lipinski definition) is 3. The van der Waals surface area contributed by atoms with Gasteiger partial charge in [0.25, 0.3) is 0 Å². The van der Waals surface area contributed by atoms with Crippen LogP contribution in [-0.2, 0) is 0 Å². The monoisotopic (exact) mass is 117 g/mol. The standard InChI is InChI=1S/C5H15N3/c1-3-7-5-8-4-6-2/h6-8H,3-5H2,1-2H3. The van der Waals surface area contributed by atoms with Crippen LogP contribution in [0.3, 0.4) is 0 Å². The van der Waals surface area contributed by atoms with Crippen molar-refractivity contribution in [3.05, 3.63) is 0 Å². The fourth-order valence-corrected chi connectivity index (χ4v) is 0.401. The van der Waals surface area contributed by atoms with Crippen molar-refractivity contribution < 1.29 is 0 Å². The first kappa shape index (κ1) is 7.88. The fraction of sp³-hybridized carbons (Fsp3) is 1.00. The highest BCUT2D eigenvalue weighted by atomic mass is 15.1. The van der Waals surface area contributed by atoms with Gasteiger partial charge >= 0.3 is 0 Å². The molecular formula is C5H15N3. The van der Waals surface area contributed by atoms with Gasteiger partial charge in [0.15, 0.2) is 0 Å². The molecule has 0 amide bonds. The molecule has 0 aromatic rings. The zero-order chi connectivity index (χ0) is 6.24. The summed E-state index contributed by atoms with van der Waals surface area (Å²) < 4.78 is 0. The third-order valence-electron chi connectivity index (χ3n) is 0.802. The van der Waals surface area contributed by atoms with Crippen molar-refractivity contribution in [2.75, 3.05) is 26.9 Å². The van der Waals surface area contributed by atoms with E-state index in [1.165, 1.54) is 0 Å². The molecule has 0 rings (SSSR count). The Bertz CT molecular complexity index is 32.7. The second-order valence-corrected chi connectivity index (χ2v) is 1.56. The molecule has 0 aromatic heterocycles. The number of hydrogen-bond acceptors (Lipinski definition) is 3. The third-order valence-corrected chi connectivity index (χ3v) is 0.802. The smallest absolute Gasteiger partial charge is 0.0464 e. The van der Waals surface area contributed by atoms with Gasteiger partial charge in [-0.05, 0) is 13.6 Å². The van der Waals surface area contributed by atoms with Crippen LogP contribution in [0.1, 0.15) is 6.92 Å². The lowest BCUT2D eigenvalue weighted by atomic mass is 10.7. The highest BCUT2D eigenvalue weighted by Crippen LogP contribution is 1.49. The number of nitrogens with one attached hydrogen (secondary N) is 3. The summed E-state index contributed by atoms with van der Waals surface area (Å²) in [4.78, 5) is 0. The molecule has 0 atom stereocenters. The van der Waals surface area contributed by atoms with Crippen molar-refractivity contribution >= 4 is 0 Å². The van der Waals surface area contributed by atoms with Gasteiger partial charge in [-0.1, -0.05) is 6.92 Å². The summed E-state index contributed by atoms with van der Waals surface area (Å²) >= 11 is 0. The molecule has 3 N–H and O–H groups in total. The lowest BCUT2D eigenvalue weighted by molar-refractivity contribution is 0.570. The van der Waals surface area contributed by atoms with Crippen LogP contribution in [0.5, 0.6) is 0 Å². The Kier molecular flexibility index (Phi) is 6.78. The molecule has 0 radical (unpaired) electrons. The topological polar surface area (TPSA) is 36.1 Å². The number of rotatable bonds is 5. The maximum absolute atomic E-state index is 3.13. The molecule has 0 aliphatic heterocycles. The van der Waals surface area contributed by atoms with Crippen LogP contribution >= 0.6 is 0 Å². The Hall–Kier alpha value is -0.120. The summed E-state index contributed by atoms with van der Waals surface area (Å²) in [5.74, 6) is 0. The average molecular weight is 117 g/mol. The Labute approximate surface area is 50.8 Å². The molecular weight excluding hydrogens is 102 g/mol. The second kappa shape index (κ2) is 6.88. The minimum Gasteiger partial charge on any atom is -0.308 e. The van der Waals surface area contributed by atoms with Gasteiger partial charge in [0, 0.05) is 13.3 Å². The molecule has 0 saturated heterocycles. The maximum atomic E-state index is 3.13. The Morgan fingerprint density at radius 1 is 1.12 bits per heavy atom. The molecule has 0 aliphatic rings. The van der Waals surface area contributed by atoms with Crippen LogP contribution in [0.2, 0.25) is 0 Å². The highest BCUT2D eigenvalue weighted by Gasteiger charge is 1.76. The van der Waals surface area contributed by atoms with Crippen molar-refractivity contribution in [1.82, 2.24) is 16.0 Å². The van der Waals surface area contributed by atoms with Gasteiger partial charge in [0.1, 0.15) is 0 Å². The summed E-state index contributed by atoms with van der Waals surface area (Å²) in [5, 5.41) is 9.22. The van der Waals surface area contributed by atoms with E-state index in [1.54, 1.807) is 0 Å². The van der Waals surface area contributed by atoms with E-state index in [9.17, 15) is 0 Å². The normalized spacial score (nSPS) is 9.75. The fourth-order valence-electron chi connectivity index (χ4n) is 0.401. The van der Waals surface area contributed by atoms with Crippen LogP contribution in [0.25, 0.3) is 0 Å². The molecule has 0 spiro atoms. The van der Waals surface area contributed by atoms with E-state index in [2.05, 4.69) is 22.9 Å². The lowest BCUT2D eigenvalue weighted by Crippen LogP contribution is -2.34. The summed E-state index contributed by atoms with van der Waals surface area (Å²) in [7, 11) is 1.92. The maximum Gasteiger partial charge on any atom is 0.0464 e. The van der Waals surface area contributed by atoms with Crippen LogP contribution in [0.15, 0.2) is 0 Å². The van der Waals surface area contributed by atoms with E-state index in [0.29, 0.717) is 0 Å². The van der Waals surface area contributed by atoms with Crippen molar-refractivity contribution in [3.63, 3.8) is 0 Å². The van der Waals surface area contributed by atoms with E-state index >= 15 is 0 Å². The van der Waals surface area contributed by atoms with Crippen LogP contribution < -0.4 is 16.0 Å². The van der Waals surface area contributed by atoms with Crippen molar-refractivity contribution in [1.29, 1.82) is 0 Å². The van der Waals surface area contributed by atoms with Crippen molar-refractivity contribution in [2.45, 2.75) is 6.92 Å². The molecule has 0 heterocycles. The van der Waals surface area contributed by atoms with Gasteiger partial charge in [-0.3, -0.25) is 5.32 Å². The predicted octanol–water partition coefficient (Wildman–Crippen LogP) is -0.680. The largest absolute Gasteiger partial charge is 0.308 e. The highest BCUT2D eigenvalue weighted by molar-refractivity contribution is 4.38. The molecule has 0 aromatic carbocycles. The van der Waals surface area contributed by atoms with E-state index in [1.807, 2.05) is 7.05 Å². The SMILES string of the molecule is CCNCNCNC. The van der Waals surface area contributed by atoms with E-state index in [4.69, 9.17) is 0 Å². The van der Waals surface area contributed by atoms with E-state index < -0.39 is 0 Å². The molecule has 50 valence electrons. The summed E-state index contributed by atoms with van der Waals surface area (Å²) in [6.07, 6.45) is 0. The second-order valence-electron chi connectivity index (χ2n) is 1.56. The zero-order valence-corrected chi connectivity index (χ0v) is 5.62. The van der Waals surface area contributed by atoms with Gasteiger partial charge in [-0.25, -0.2) is 0 Å². The van der Waals surface area contributed by atoms with Crippen molar-refractivity contribution in [3.8, 4) is 0 Å². The minimum absolute atomic E-state index is 0.868. The molecule has 8 heavy (non-hydrogen) atoms. The average Bonchev–Trinajstić information content (AvgIpc) is 1.81. The molecule has 0 aliphatic carbocycles. The summed E-state index contributed by atoms with van der Waals surface area (Å²) in [6.45, 7) is 4.86. The Balaban J connectivity index is 2.53. The molecule has 0 fully saturated rings. The molecule has 3 nitrogen and oxygen atoms in total. The molecule has 3 heteroatoms. The first-order chi connectivity index (χ1) is 3.91. The third kappa shape index (κ3) is 5.88. The first-order valence-corrected chi connectivity index (χ1v) is 2.97. The lowest BCUT2D eigenvalue weighted by Gasteiger charge is -2.01. The van der Waals surface area contributed by atoms with E-state index in [-0.39, 0.29) is 0 Å². The predicted molar refractivity (Wildman–Crippen MR) is 35.6 cm³/mol. The van der Waals surface area contributed by atoms with Gasteiger partial charge in [-0.15, -0.1) is 0 Å². The summed E-state index contributed by atoms with van der Waals surface area (Å²) in [6, 6.07) is 0. The molecule has 0 bridgehead atoms. The van der Waals surface area contributed by atoms with Gasteiger partial charge in [0.2, 0.25) is 0 Å². The molecule has 0 unspecified atom stereocenters.